The van der Waals surface area contributed by atoms with E-state index in [9.17, 15) is 4.79 Å². The quantitative estimate of drug-likeness (QED) is 0.295. The van der Waals surface area contributed by atoms with Gasteiger partial charge in [-0.25, -0.2) is 0 Å². The van der Waals surface area contributed by atoms with Crippen molar-refractivity contribution in [2.45, 2.75) is 110 Å². The summed E-state index contributed by atoms with van der Waals surface area (Å²) >= 11 is 0. The molecule has 0 aromatic heterocycles. The van der Waals surface area contributed by atoms with E-state index < -0.39 is 8.32 Å². The molecule has 128 valence electrons. The van der Waals surface area contributed by atoms with E-state index in [-0.39, 0.29) is 35.5 Å². The standard InChI is InChI=1S/C18H38O2Si.Na.H/c1-5-9-10-11-12-13-14-15-16-17-18(19)20-21(6-2,7-3)8-4;;/h5-17H2,1-4H3;;. The molecule has 4 heteroatoms. The Labute approximate surface area is 162 Å². The molecule has 0 aromatic carbocycles. The molecule has 2 nitrogen and oxygen atoms in total. The van der Waals surface area contributed by atoms with E-state index >= 15 is 0 Å². The van der Waals surface area contributed by atoms with Crippen LogP contribution in [0.1, 0.15) is 91.9 Å². The Hall–Kier alpha value is 0.687. The summed E-state index contributed by atoms with van der Waals surface area (Å²) in [6.45, 7) is 8.77. The molecule has 0 rings (SSSR count). The molecule has 0 aromatic rings. The van der Waals surface area contributed by atoms with Gasteiger partial charge in [0, 0.05) is 6.42 Å². The summed E-state index contributed by atoms with van der Waals surface area (Å²) in [6.07, 6.45) is 12.3. The molecule has 0 fully saturated rings. The fourth-order valence-electron chi connectivity index (χ4n) is 2.84. The Balaban J connectivity index is 0. The van der Waals surface area contributed by atoms with Crippen LogP contribution in [-0.2, 0) is 9.22 Å². The van der Waals surface area contributed by atoms with Gasteiger partial charge in [0.1, 0.15) is 0 Å². The third-order valence-corrected chi connectivity index (χ3v) is 9.27. The fourth-order valence-corrected chi connectivity index (χ4v) is 5.36. The monoisotopic (exact) mass is 338 g/mol. The predicted octanol–water partition coefficient (Wildman–Crippen LogP) is 5.81. The van der Waals surface area contributed by atoms with Crippen LogP contribution in [0.3, 0.4) is 0 Å². The SMILES string of the molecule is CCCCCCCCCCCC(=O)O[Si](CC)(CC)CC.[NaH]. The summed E-state index contributed by atoms with van der Waals surface area (Å²) in [5, 5.41) is 0. The van der Waals surface area contributed by atoms with Crippen LogP contribution in [0, 0.1) is 0 Å². The Morgan fingerprint density at radius 2 is 1.14 bits per heavy atom. The van der Waals surface area contributed by atoms with Crippen molar-refractivity contribution in [1.82, 2.24) is 0 Å². The summed E-state index contributed by atoms with van der Waals surface area (Å²) < 4.78 is 5.86. The molecule has 0 unspecified atom stereocenters. The second kappa shape index (κ2) is 16.5. The Bertz CT molecular complexity index is 247. The normalized spacial score (nSPS) is 11.1. The summed E-state index contributed by atoms with van der Waals surface area (Å²) in [5.74, 6) is 0.0650. The topological polar surface area (TPSA) is 26.3 Å². The first-order valence-electron chi connectivity index (χ1n) is 9.36. The van der Waals surface area contributed by atoms with Crippen LogP contribution in [-0.4, -0.2) is 43.8 Å². The first-order chi connectivity index (χ1) is 10.1. The molecule has 0 spiro atoms. The molecule has 0 N–H and O–H groups in total. The van der Waals surface area contributed by atoms with Gasteiger partial charge in [0.25, 0.3) is 14.3 Å². The number of hydrogen-bond donors (Lipinski definition) is 0. The van der Waals surface area contributed by atoms with Crippen LogP contribution < -0.4 is 0 Å². The van der Waals surface area contributed by atoms with Crippen molar-refractivity contribution in [3.8, 4) is 0 Å². The van der Waals surface area contributed by atoms with E-state index in [4.69, 9.17) is 4.43 Å². The average Bonchev–Trinajstić information content (AvgIpc) is 2.51. The molecular formula is C18H39NaO2Si. The van der Waals surface area contributed by atoms with Gasteiger partial charge >= 0.3 is 29.6 Å². The van der Waals surface area contributed by atoms with Crippen molar-refractivity contribution in [2.75, 3.05) is 0 Å². The predicted molar refractivity (Wildman–Crippen MR) is 102 cm³/mol. The molecule has 0 radical (unpaired) electrons. The van der Waals surface area contributed by atoms with Crippen LogP contribution in [0.5, 0.6) is 0 Å². The van der Waals surface area contributed by atoms with E-state index in [1.807, 2.05) is 0 Å². The number of hydrogen-bond acceptors (Lipinski definition) is 2. The van der Waals surface area contributed by atoms with Crippen LogP contribution >= 0.6 is 0 Å². The van der Waals surface area contributed by atoms with E-state index in [1.165, 1.54) is 51.4 Å². The summed E-state index contributed by atoms with van der Waals surface area (Å²) in [4.78, 5) is 12.0. The molecule has 0 saturated carbocycles. The zero-order valence-corrected chi connectivity index (χ0v) is 16.0. The zero-order valence-electron chi connectivity index (χ0n) is 15.0. The Morgan fingerprint density at radius 3 is 1.55 bits per heavy atom. The van der Waals surface area contributed by atoms with Crippen molar-refractivity contribution in [2.24, 2.45) is 0 Å². The van der Waals surface area contributed by atoms with Crippen molar-refractivity contribution >= 4 is 43.8 Å². The van der Waals surface area contributed by atoms with Gasteiger partial charge in [0.2, 0.25) is 0 Å². The molecule has 0 aliphatic carbocycles. The van der Waals surface area contributed by atoms with Gasteiger partial charge < -0.3 is 4.43 Å². The minimum absolute atomic E-state index is 0. The van der Waals surface area contributed by atoms with Gasteiger partial charge in [0.15, 0.2) is 0 Å². The van der Waals surface area contributed by atoms with Crippen molar-refractivity contribution in [3.63, 3.8) is 0 Å². The first kappa shape index (κ1) is 24.9. The number of rotatable bonds is 14. The van der Waals surface area contributed by atoms with Gasteiger partial charge in [0.05, 0.1) is 0 Å². The molecule has 0 saturated heterocycles. The maximum absolute atomic E-state index is 12.0. The number of carbonyl (C=O) groups is 1. The molecule has 0 aliphatic rings. The van der Waals surface area contributed by atoms with Crippen molar-refractivity contribution in [1.29, 1.82) is 0 Å². The van der Waals surface area contributed by atoms with Gasteiger partial charge in [-0.15, -0.1) is 0 Å². The molecule has 22 heavy (non-hydrogen) atoms. The van der Waals surface area contributed by atoms with Crippen LogP contribution in [0.2, 0.25) is 18.1 Å². The van der Waals surface area contributed by atoms with E-state index in [0.29, 0.717) is 6.42 Å². The van der Waals surface area contributed by atoms with Gasteiger partial charge in [-0.05, 0) is 24.6 Å². The van der Waals surface area contributed by atoms with E-state index in [2.05, 4.69) is 27.7 Å². The Kier molecular flexibility index (Phi) is 18.7. The van der Waals surface area contributed by atoms with Crippen LogP contribution in [0.4, 0.5) is 0 Å². The van der Waals surface area contributed by atoms with Crippen molar-refractivity contribution < 1.29 is 9.22 Å². The van der Waals surface area contributed by atoms with E-state index in [0.717, 1.165) is 24.6 Å². The summed E-state index contributed by atoms with van der Waals surface area (Å²) in [6, 6.07) is 3.18. The molecular weight excluding hydrogens is 299 g/mol. The second-order valence-corrected chi connectivity index (χ2v) is 11.0. The number of unbranched alkanes of at least 4 members (excludes halogenated alkanes) is 8. The fraction of sp³-hybridized carbons (Fsp3) is 0.944. The molecule has 0 heterocycles. The van der Waals surface area contributed by atoms with Gasteiger partial charge in [-0.1, -0.05) is 79.1 Å². The molecule has 0 bridgehead atoms. The summed E-state index contributed by atoms with van der Waals surface area (Å²) in [5.41, 5.74) is 0. The van der Waals surface area contributed by atoms with E-state index in [1.54, 1.807) is 0 Å². The maximum atomic E-state index is 12.0. The van der Waals surface area contributed by atoms with Crippen LogP contribution in [0.25, 0.3) is 0 Å². The van der Waals surface area contributed by atoms with Gasteiger partial charge in [-0.3, -0.25) is 4.79 Å². The van der Waals surface area contributed by atoms with Gasteiger partial charge in [-0.2, -0.15) is 0 Å². The molecule has 0 atom stereocenters. The molecule has 0 amide bonds. The second-order valence-electron chi connectivity index (χ2n) is 6.30. The number of carbonyl (C=O) groups excluding carboxylic acids is 1. The Morgan fingerprint density at radius 1 is 0.727 bits per heavy atom. The molecule has 0 aliphatic heterocycles. The average molecular weight is 339 g/mol. The third kappa shape index (κ3) is 12.2. The minimum atomic E-state index is -1.72. The summed E-state index contributed by atoms with van der Waals surface area (Å²) in [7, 11) is -1.72. The first-order valence-corrected chi connectivity index (χ1v) is 11.9. The zero-order chi connectivity index (χ0) is 16.0. The van der Waals surface area contributed by atoms with Crippen molar-refractivity contribution in [3.05, 3.63) is 0 Å². The van der Waals surface area contributed by atoms with Crippen LogP contribution in [0.15, 0.2) is 0 Å². The third-order valence-electron chi connectivity index (χ3n) is 4.75.